The van der Waals surface area contributed by atoms with Crippen molar-refractivity contribution in [2.75, 3.05) is 25.9 Å². The van der Waals surface area contributed by atoms with Crippen LogP contribution in [0.3, 0.4) is 0 Å². The van der Waals surface area contributed by atoms with Crippen LogP contribution in [0.25, 0.3) is 0 Å². The van der Waals surface area contributed by atoms with E-state index in [4.69, 9.17) is 10.5 Å². The van der Waals surface area contributed by atoms with Gasteiger partial charge in [0.15, 0.2) is 0 Å². The summed E-state index contributed by atoms with van der Waals surface area (Å²) >= 11 is 5.64. The average Bonchev–Trinajstić information content (AvgIpc) is 2.44. The van der Waals surface area contributed by atoms with Crippen LogP contribution in [0.5, 0.6) is 0 Å². The van der Waals surface area contributed by atoms with E-state index in [1.165, 1.54) is 11.8 Å². The molecule has 0 aliphatic heterocycles. The lowest BCUT2D eigenvalue weighted by Crippen LogP contribution is -2.32. The second-order valence-electron chi connectivity index (χ2n) is 4.48. The van der Waals surface area contributed by atoms with Crippen LogP contribution in [0.1, 0.15) is 27.6 Å². The number of hydrogen-bond acceptors (Lipinski definition) is 5. The van der Waals surface area contributed by atoms with Gasteiger partial charge in [0.05, 0.1) is 30.5 Å². The van der Waals surface area contributed by atoms with E-state index in [9.17, 15) is 19.5 Å². The van der Waals surface area contributed by atoms with Gasteiger partial charge in [0.25, 0.3) is 5.91 Å². The van der Waals surface area contributed by atoms with E-state index in [0.717, 1.165) is 0 Å². The van der Waals surface area contributed by atoms with Gasteiger partial charge >= 0.3 is 11.9 Å². The van der Waals surface area contributed by atoms with E-state index in [-0.39, 0.29) is 35.9 Å². The van der Waals surface area contributed by atoms with Crippen molar-refractivity contribution in [1.29, 1.82) is 0 Å². The molecule has 0 unspecified atom stereocenters. The highest BCUT2D eigenvalue weighted by Crippen LogP contribution is 2.34. The third kappa shape index (κ3) is 4.80. The summed E-state index contributed by atoms with van der Waals surface area (Å²) in [4.78, 5) is 36.2. The van der Waals surface area contributed by atoms with Crippen LogP contribution in [0, 0.1) is 10.7 Å². The molecule has 0 radical (unpaired) electrons. The quantitative estimate of drug-likeness (QED) is 0.286. The van der Waals surface area contributed by atoms with Crippen molar-refractivity contribution >= 4 is 91.3 Å². The van der Waals surface area contributed by atoms with E-state index < -0.39 is 11.9 Å². The average molecular weight is 658 g/mol. The van der Waals surface area contributed by atoms with Crippen molar-refractivity contribution in [2.24, 2.45) is 0 Å². The van der Waals surface area contributed by atoms with Gasteiger partial charge in [0.1, 0.15) is 6.61 Å². The topological polar surface area (TPSA) is 110 Å². The number of amides is 1. The van der Waals surface area contributed by atoms with Gasteiger partial charge in [-0.25, -0.2) is 4.79 Å². The first kappa shape index (κ1) is 20.7. The molecule has 3 N–H and O–H groups in total. The first-order valence-corrected chi connectivity index (χ1v) is 9.41. The van der Waals surface area contributed by atoms with Crippen molar-refractivity contribution < 1.29 is 24.2 Å². The number of nitrogens with zero attached hydrogens (tertiary/aromatic N) is 1. The molecule has 10 heteroatoms. The van der Waals surface area contributed by atoms with Crippen LogP contribution < -0.4 is 5.73 Å². The van der Waals surface area contributed by atoms with E-state index in [2.05, 4.69) is 0 Å². The second-order valence-corrected chi connectivity index (χ2v) is 7.71. The van der Waals surface area contributed by atoms with Gasteiger partial charge in [0.2, 0.25) is 0 Å². The van der Waals surface area contributed by atoms with Gasteiger partial charge in [0, 0.05) is 17.5 Å². The third-order valence-corrected chi connectivity index (χ3v) is 6.18. The largest absolute Gasteiger partial charge is 0.478 e. The smallest absolute Gasteiger partial charge is 0.337 e. The third-order valence-electron chi connectivity index (χ3n) is 2.86. The molecule has 1 aromatic carbocycles. The minimum absolute atomic E-state index is 0.0147. The summed E-state index contributed by atoms with van der Waals surface area (Å²) in [5.41, 5.74) is 6.47. The van der Waals surface area contributed by atoms with Crippen molar-refractivity contribution in [3.63, 3.8) is 0 Å². The zero-order chi connectivity index (χ0) is 17.9. The van der Waals surface area contributed by atoms with Gasteiger partial charge < -0.3 is 20.5 Å². The molecular formula is C13H13I3N2O5. The lowest BCUT2D eigenvalue weighted by atomic mass is 10.1. The molecule has 0 aromatic heterocycles. The Bertz CT molecular complexity index is 678. The number of anilines is 1. The molecule has 1 amide bonds. The second kappa shape index (κ2) is 8.64. The molecule has 0 saturated heterocycles. The molecule has 0 bridgehead atoms. The number of rotatable bonds is 5. The minimum Gasteiger partial charge on any atom is -0.478 e. The van der Waals surface area contributed by atoms with Gasteiger partial charge in [-0.1, -0.05) is 0 Å². The van der Waals surface area contributed by atoms with Gasteiger partial charge in [-0.15, -0.1) is 0 Å². The van der Waals surface area contributed by atoms with Crippen LogP contribution >= 0.6 is 67.8 Å². The number of carboxylic acids is 1. The lowest BCUT2D eigenvalue weighted by molar-refractivity contribution is -0.141. The number of aromatic carboxylic acids is 1. The van der Waals surface area contributed by atoms with E-state index in [0.29, 0.717) is 10.7 Å². The Kier molecular flexibility index (Phi) is 7.76. The Hall–Kier alpha value is -0.380. The number of nitrogen functional groups attached to an aromatic ring is 1. The van der Waals surface area contributed by atoms with Crippen molar-refractivity contribution in [3.8, 4) is 0 Å². The standard InChI is InChI=1S/C13H13I3N2O5/c1-5(19)23-4-3-18(2)12(20)6-8(14)7(13(21)22)10(16)11(17)9(6)15/h3-4,17H2,1-2H3,(H,21,22). The Labute approximate surface area is 173 Å². The van der Waals surface area contributed by atoms with Crippen molar-refractivity contribution in [1.82, 2.24) is 4.90 Å². The number of hydrogen-bond donors (Lipinski definition) is 2. The summed E-state index contributed by atoms with van der Waals surface area (Å²) in [5, 5.41) is 9.36. The SMILES string of the molecule is CC(=O)OCCN(C)C(=O)c1c(I)c(N)c(I)c(C(=O)O)c1I. The molecule has 0 spiro atoms. The molecule has 0 aliphatic carbocycles. The summed E-state index contributed by atoms with van der Waals surface area (Å²) in [6, 6.07) is 0. The predicted molar refractivity (Wildman–Crippen MR) is 110 cm³/mol. The highest BCUT2D eigenvalue weighted by molar-refractivity contribution is 14.1. The molecule has 0 atom stereocenters. The van der Waals surface area contributed by atoms with Crippen LogP contribution in [0.2, 0.25) is 0 Å². The molecule has 1 rings (SSSR count). The van der Waals surface area contributed by atoms with Gasteiger partial charge in [-0.2, -0.15) is 0 Å². The first-order chi connectivity index (χ1) is 10.6. The molecule has 0 aliphatic rings. The Morgan fingerprint density at radius 2 is 1.65 bits per heavy atom. The number of halogens is 3. The number of carbonyl (C=O) groups excluding carboxylic acids is 2. The van der Waals surface area contributed by atoms with Gasteiger partial charge in [-0.3, -0.25) is 9.59 Å². The maximum Gasteiger partial charge on any atom is 0.337 e. The zero-order valence-electron chi connectivity index (χ0n) is 12.2. The summed E-state index contributed by atoms with van der Waals surface area (Å²) in [6.45, 7) is 1.54. The molecule has 23 heavy (non-hydrogen) atoms. The highest BCUT2D eigenvalue weighted by Gasteiger charge is 2.28. The van der Waals surface area contributed by atoms with E-state index >= 15 is 0 Å². The monoisotopic (exact) mass is 658 g/mol. The number of ether oxygens (including phenoxy) is 1. The molecule has 0 heterocycles. The maximum atomic E-state index is 12.6. The fraction of sp³-hybridized carbons (Fsp3) is 0.308. The molecule has 0 saturated carbocycles. The molecule has 1 aromatic rings. The van der Waals surface area contributed by atoms with E-state index in [1.54, 1.807) is 7.05 Å². The zero-order valence-corrected chi connectivity index (χ0v) is 18.6. The number of carboxylic acid groups (broad SMARTS) is 1. The number of carbonyl (C=O) groups is 3. The fourth-order valence-electron chi connectivity index (χ4n) is 1.68. The summed E-state index contributed by atoms with van der Waals surface area (Å²) in [5.74, 6) is -1.95. The summed E-state index contributed by atoms with van der Waals surface area (Å²) < 4.78 is 6.05. The van der Waals surface area contributed by atoms with E-state index in [1.807, 2.05) is 67.8 Å². The lowest BCUT2D eigenvalue weighted by Gasteiger charge is -2.21. The first-order valence-electron chi connectivity index (χ1n) is 6.17. The molecule has 7 nitrogen and oxygen atoms in total. The van der Waals surface area contributed by atoms with Crippen LogP contribution in [-0.4, -0.2) is 48.1 Å². The van der Waals surface area contributed by atoms with Gasteiger partial charge in [-0.05, 0) is 67.8 Å². The predicted octanol–water partition coefficient (Wildman–Crippen LogP) is 2.42. The molecule has 0 fully saturated rings. The van der Waals surface area contributed by atoms with Crippen LogP contribution in [0.15, 0.2) is 0 Å². The minimum atomic E-state index is -1.14. The molecular weight excluding hydrogens is 645 g/mol. The number of benzene rings is 1. The fourth-order valence-corrected chi connectivity index (χ4v) is 5.77. The van der Waals surface area contributed by atoms with Crippen LogP contribution in [0.4, 0.5) is 5.69 Å². The summed E-state index contributed by atoms with van der Waals surface area (Å²) in [6.07, 6.45) is 0. The van der Waals surface area contributed by atoms with Crippen molar-refractivity contribution in [2.45, 2.75) is 6.92 Å². The number of nitrogens with two attached hydrogens (primary N) is 1. The summed E-state index contributed by atoms with van der Waals surface area (Å²) in [7, 11) is 1.55. The number of esters is 1. The highest BCUT2D eigenvalue weighted by atomic mass is 127. The van der Waals surface area contributed by atoms with Crippen molar-refractivity contribution in [3.05, 3.63) is 21.8 Å². The Morgan fingerprint density at radius 3 is 2.13 bits per heavy atom. The maximum absolute atomic E-state index is 12.6. The Balaban J connectivity index is 3.24. The van der Waals surface area contributed by atoms with Crippen LogP contribution in [-0.2, 0) is 9.53 Å². The Morgan fingerprint density at radius 1 is 1.13 bits per heavy atom. The molecule has 126 valence electrons. The number of likely N-dealkylation sites (N-methyl/N-ethyl adjacent to an activating group) is 1. The normalized spacial score (nSPS) is 10.3.